The second-order valence-corrected chi connectivity index (χ2v) is 6.55. The van der Waals surface area contributed by atoms with Gasteiger partial charge in [0.15, 0.2) is 0 Å². The Morgan fingerprint density at radius 1 is 1.19 bits per heavy atom. The Morgan fingerprint density at radius 3 is 2.62 bits per heavy atom. The molecule has 0 fully saturated rings. The van der Waals surface area contributed by atoms with Gasteiger partial charge in [0.2, 0.25) is 5.95 Å². The summed E-state index contributed by atoms with van der Waals surface area (Å²) >= 11 is 7.00. The number of sulfonamides is 1. The molecule has 0 saturated heterocycles. The summed E-state index contributed by atoms with van der Waals surface area (Å²) in [5, 5.41) is 0.218. The molecule has 11 heteroatoms. The van der Waals surface area contributed by atoms with E-state index in [9.17, 15) is 8.42 Å². The van der Waals surface area contributed by atoms with Gasteiger partial charge < -0.3 is 5.73 Å². The van der Waals surface area contributed by atoms with Gasteiger partial charge in [0, 0.05) is 0 Å². The zero-order chi connectivity index (χ0) is 15.0. The van der Waals surface area contributed by atoms with Crippen molar-refractivity contribution in [3.8, 4) is 0 Å². The number of nitrogens with one attached hydrogen (secondary N) is 1. The van der Waals surface area contributed by atoms with Gasteiger partial charge in [-0.2, -0.15) is 8.75 Å². The van der Waals surface area contributed by atoms with E-state index in [1.165, 1.54) is 0 Å². The molecule has 3 rings (SSSR count). The van der Waals surface area contributed by atoms with Gasteiger partial charge in [0.25, 0.3) is 10.0 Å². The van der Waals surface area contributed by atoms with Gasteiger partial charge in [-0.25, -0.2) is 18.4 Å². The van der Waals surface area contributed by atoms with Crippen molar-refractivity contribution in [2.24, 2.45) is 0 Å². The molecule has 3 N–H and O–H groups in total. The summed E-state index contributed by atoms with van der Waals surface area (Å²) in [7, 11) is -3.90. The molecule has 2 heterocycles. The molecular formula is C10H7ClN6O2S2. The minimum atomic E-state index is -3.90. The van der Waals surface area contributed by atoms with Crippen molar-refractivity contribution in [1.29, 1.82) is 0 Å². The van der Waals surface area contributed by atoms with E-state index in [1.54, 1.807) is 12.1 Å². The number of fused-ring (bicyclic) bond motifs is 1. The number of halogens is 1. The van der Waals surface area contributed by atoms with Crippen molar-refractivity contribution in [2.45, 2.75) is 4.90 Å². The Labute approximate surface area is 128 Å². The lowest BCUT2D eigenvalue weighted by molar-refractivity contribution is 0.600. The highest BCUT2D eigenvalue weighted by atomic mass is 35.5. The normalized spacial score (nSPS) is 11.7. The smallest absolute Gasteiger partial charge is 0.265 e. The number of hydrogen-bond donors (Lipinski definition) is 2. The third kappa shape index (κ3) is 2.60. The molecule has 0 amide bonds. The summed E-state index contributed by atoms with van der Waals surface area (Å²) in [5.74, 6) is -0.0159. The molecule has 8 nitrogen and oxygen atoms in total. The maximum Gasteiger partial charge on any atom is 0.265 e. The molecule has 2 aromatic heterocycles. The van der Waals surface area contributed by atoms with Gasteiger partial charge in [-0.15, -0.1) is 0 Å². The van der Waals surface area contributed by atoms with Crippen LogP contribution in [0.5, 0.6) is 0 Å². The topological polar surface area (TPSA) is 124 Å². The fourth-order valence-electron chi connectivity index (χ4n) is 1.58. The zero-order valence-corrected chi connectivity index (χ0v) is 12.6. The number of anilines is 2. The quantitative estimate of drug-likeness (QED) is 0.739. The Bertz CT molecular complexity index is 909. The standard InChI is InChI=1S/C10H7ClN6O2S2/c11-6-1-2-7-9(16-20-15-7)8(6)17-21(18,19)5-3-13-10(12)14-4-5/h1-4,17H,(H2,12,13,14). The van der Waals surface area contributed by atoms with Crippen molar-refractivity contribution in [3.63, 3.8) is 0 Å². The monoisotopic (exact) mass is 342 g/mol. The van der Waals surface area contributed by atoms with Crippen molar-refractivity contribution in [1.82, 2.24) is 18.7 Å². The van der Waals surface area contributed by atoms with Gasteiger partial charge >= 0.3 is 0 Å². The molecule has 3 aromatic rings. The molecule has 0 aliphatic carbocycles. The lowest BCUT2D eigenvalue weighted by Crippen LogP contribution is -2.14. The molecule has 0 bridgehead atoms. The molecule has 0 atom stereocenters. The number of nitrogens with zero attached hydrogens (tertiary/aromatic N) is 4. The molecule has 0 radical (unpaired) electrons. The average molecular weight is 343 g/mol. The highest BCUT2D eigenvalue weighted by Crippen LogP contribution is 2.31. The minimum Gasteiger partial charge on any atom is -0.368 e. The van der Waals surface area contributed by atoms with E-state index in [0.29, 0.717) is 11.0 Å². The van der Waals surface area contributed by atoms with Crippen LogP contribution in [-0.4, -0.2) is 27.1 Å². The molecule has 0 spiro atoms. The van der Waals surface area contributed by atoms with Crippen LogP contribution >= 0.6 is 23.3 Å². The molecule has 108 valence electrons. The molecule has 0 saturated carbocycles. The number of benzene rings is 1. The van der Waals surface area contributed by atoms with Crippen LogP contribution in [0.3, 0.4) is 0 Å². The summed E-state index contributed by atoms with van der Waals surface area (Å²) in [4.78, 5) is 7.17. The van der Waals surface area contributed by atoms with E-state index in [-0.39, 0.29) is 21.6 Å². The number of nitrogen functional groups attached to an aromatic ring is 1. The SMILES string of the molecule is Nc1ncc(S(=O)(=O)Nc2c(Cl)ccc3nsnc23)cn1. The van der Waals surface area contributed by atoms with Crippen molar-refractivity contribution < 1.29 is 8.42 Å². The van der Waals surface area contributed by atoms with Crippen LogP contribution in [-0.2, 0) is 10.0 Å². The minimum absolute atomic E-state index is 0.0159. The van der Waals surface area contributed by atoms with Gasteiger partial charge in [-0.3, -0.25) is 4.72 Å². The molecule has 1 aromatic carbocycles. The molecule has 0 aliphatic heterocycles. The first kappa shape index (κ1) is 13.9. The van der Waals surface area contributed by atoms with Crippen LogP contribution in [0.2, 0.25) is 5.02 Å². The Balaban J connectivity index is 2.07. The predicted molar refractivity (Wildman–Crippen MR) is 79.7 cm³/mol. The van der Waals surface area contributed by atoms with E-state index in [0.717, 1.165) is 24.1 Å². The molecule has 0 unspecified atom stereocenters. The number of rotatable bonds is 3. The Kier molecular flexibility index (Phi) is 3.35. The fourth-order valence-corrected chi connectivity index (χ4v) is 3.36. The van der Waals surface area contributed by atoms with E-state index in [4.69, 9.17) is 17.3 Å². The van der Waals surface area contributed by atoms with E-state index >= 15 is 0 Å². The van der Waals surface area contributed by atoms with Crippen LogP contribution < -0.4 is 10.5 Å². The van der Waals surface area contributed by atoms with Crippen LogP contribution in [0, 0.1) is 0 Å². The first-order valence-corrected chi connectivity index (χ1v) is 8.07. The van der Waals surface area contributed by atoms with Crippen LogP contribution in [0.4, 0.5) is 11.6 Å². The van der Waals surface area contributed by atoms with Crippen molar-refractivity contribution >= 4 is 56.0 Å². The van der Waals surface area contributed by atoms with Crippen LogP contribution in [0.15, 0.2) is 29.4 Å². The first-order chi connectivity index (χ1) is 9.97. The van der Waals surface area contributed by atoms with Crippen LogP contribution in [0.1, 0.15) is 0 Å². The van der Waals surface area contributed by atoms with E-state index in [2.05, 4.69) is 23.4 Å². The van der Waals surface area contributed by atoms with Gasteiger partial charge in [-0.05, 0) is 12.1 Å². The highest BCUT2D eigenvalue weighted by Gasteiger charge is 2.20. The summed E-state index contributed by atoms with van der Waals surface area (Å²) in [6.07, 6.45) is 2.22. The van der Waals surface area contributed by atoms with Gasteiger partial charge in [0.05, 0.1) is 34.8 Å². The van der Waals surface area contributed by atoms with Gasteiger partial charge in [-0.1, -0.05) is 11.6 Å². The summed E-state index contributed by atoms with van der Waals surface area (Å²) in [5.41, 5.74) is 6.43. The van der Waals surface area contributed by atoms with Crippen molar-refractivity contribution in [2.75, 3.05) is 10.5 Å². The predicted octanol–water partition coefficient (Wildman–Crippen LogP) is 1.52. The Morgan fingerprint density at radius 2 is 1.90 bits per heavy atom. The second-order valence-electron chi connectivity index (χ2n) is 3.94. The molecular weight excluding hydrogens is 336 g/mol. The number of nitrogens with two attached hydrogens (primary N) is 1. The number of hydrogen-bond acceptors (Lipinski definition) is 8. The summed E-state index contributed by atoms with van der Waals surface area (Å²) in [6.45, 7) is 0. The van der Waals surface area contributed by atoms with E-state index < -0.39 is 10.0 Å². The number of aromatic nitrogens is 4. The summed E-state index contributed by atoms with van der Waals surface area (Å²) in [6, 6.07) is 3.20. The fraction of sp³-hybridized carbons (Fsp3) is 0. The van der Waals surface area contributed by atoms with Crippen LogP contribution in [0.25, 0.3) is 11.0 Å². The van der Waals surface area contributed by atoms with E-state index in [1.807, 2.05) is 0 Å². The maximum absolute atomic E-state index is 12.3. The lowest BCUT2D eigenvalue weighted by atomic mass is 10.3. The molecule has 21 heavy (non-hydrogen) atoms. The first-order valence-electron chi connectivity index (χ1n) is 5.48. The second kappa shape index (κ2) is 5.06. The summed E-state index contributed by atoms with van der Waals surface area (Å²) < 4.78 is 35.0. The maximum atomic E-state index is 12.3. The largest absolute Gasteiger partial charge is 0.368 e. The third-order valence-corrected chi connectivity index (χ3v) is 4.73. The average Bonchev–Trinajstić information content (AvgIpc) is 2.91. The molecule has 0 aliphatic rings. The van der Waals surface area contributed by atoms with Crippen molar-refractivity contribution in [3.05, 3.63) is 29.5 Å². The highest BCUT2D eigenvalue weighted by molar-refractivity contribution is 7.92. The lowest BCUT2D eigenvalue weighted by Gasteiger charge is -2.09. The third-order valence-electron chi connectivity index (χ3n) is 2.57. The zero-order valence-electron chi connectivity index (χ0n) is 10.2. The van der Waals surface area contributed by atoms with Gasteiger partial charge in [0.1, 0.15) is 15.9 Å². The Hall–Kier alpha value is -2.04.